The highest BCUT2D eigenvalue weighted by Crippen LogP contribution is 2.36. The van der Waals surface area contributed by atoms with Crippen molar-refractivity contribution in [1.29, 1.82) is 0 Å². The third-order valence-electron chi connectivity index (χ3n) is 5.74. The topological polar surface area (TPSA) is 119 Å². The van der Waals surface area contributed by atoms with E-state index in [9.17, 15) is 18.0 Å². The number of nitrogens with one attached hydrogen (secondary N) is 1. The summed E-state index contributed by atoms with van der Waals surface area (Å²) >= 11 is 1.26. The van der Waals surface area contributed by atoms with Gasteiger partial charge in [-0.25, -0.2) is 8.42 Å². The zero-order valence-corrected chi connectivity index (χ0v) is 20.2. The first kappa shape index (κ1) is 23.9. The van der Waals surface area contributed by atoms with Crippen LogP contribution in [0.3, 0.4) is 0 Å². The van der Waals surface area contributed by atoms with Gasteiger partial charge in [0.15, 0.2) is 0 Å². The average molecular weight is 500 g/mol. The number of methoxy groups -OCH3 is 1. The van der Waals surface area contributed by atoms with Gasteiger partial charge in [0.25, 0.3) is 5.91 Å². The number of hydrogen-bond donors (Lipinski definition) is 2. The molecule has 0 bridgehead atoms. The van der Waals surface area contributed by atoms with Gasteiger partial charge in [0.2, 0.25) is 15.9 Å². The van der Waals surface area contributed by atoms with Crippen LogP contribution in [-0.4, -0.2) is 44.7 Å². The van der Waals surface area contributed by atoms with Crippen molar-refractivity contribution in [2.75, 3.05) is 25.5 Å². The van der Waals surface area contributed by atoms with E-state index in [1.54, 1.807) is 18.2 Å². The van der Waals surface area contributed by atoms with Crippen molar-refractivity contribution in [3.8, 4) is 16.2 Å². The maximum absolute atomic E-state index is 13.1. The SMILES string of the molecule is COc1ccc(S(=O)(=O)N2CCC[C@H](C(=O)Nc3sc(-c4ccccc4)cc3C(N)=O)C2)cc1. The lowest BCUT2D eigenvalue weighted by Gasteiger charge is -2.31. The van der Waals surface area contributed by atoms with Crippen molar-refractivity contribution in [3.63, 3.8) is 0 Å². The predicted molar refractivity (Wildman–Crippen MR) is 131 cm³/mol. The maximum atomic E-state index is 13.1. The number of thiophene rings is 1. The van der Waals surface area contributed by atoms with Gasteiger partial charge < -0.3 is 15.8 Å². The summed E-state index contributed by atoms with van der Waals surface area (Å²) in [6, 6.07) is 17.3. The number of benzene rings is 2. The number of amides is 2. The first-order chi connectivity index (χ1) is 16.3. The van der Waals surface area contributed by atoms with Gasteiger partial charge in [-0.1, -0.05) is 30.3 Å². The lowest BCUT2D eigenvalue weighted by atomic mass is 9.99. The molecule has 3 N–H and O–H groups in total. The Morgan fingerprint density at radius 3 is 2.47 bits per heavy atom. The number of ether oxygens (including phenoxy) is 1. The quantitative estimate of drug-likeness (QED) is 0.515. The average Bonchev–Trinajstić information content (AvgIpc) is 3.29. The minimum absolute atomic E-state index is 0.0585. The van der Waals surface area contributed by atoms with Crippen molar-refractivity contribution >= 4 is 38.2 Å². The molecule has 1 fully saturated rings. The molecule has 1 aliphatic rings. The van der Waals surface area contributed by atoms with Crippen molar-refractivity contribution in [1.82, 2.24) is 4.31 Å². The van der Waals surface area contributed by atoms with Crippen molar-refractivity contribution < 1.29 is 22.7 Å². The van der Waals surface area contributed by atoms with E-state index >= 15 is 0 Å². The summed E-state index contributed by atoms with van der Waals surface area (Å²) in [5.74, 6) is -0.963. The Labute approximate surface area is 202 Å². The van der Waals surface area contributed by atoms with E-state index in [0.717, 1.165) is 10.4 Å². The van der Waals surface area contributed by atoms with Crippen LogP contribution in [-0.2, 0) is 14.8 Å². The molecule has 0 spiro atoms. The Balaban J connectivity index is 1.51. The van der Waals surface area contributed by atoms with E-state index in [-0.39, 0.29) is 22.9 Å². The number of nitrogens with zero attached hydrogens (tertiary/aromatic N) is 1. The highest BCUT2D eigenvalue weighted by Gasteiger charge is 2.34. The summed E-state index contributed by atoms with van der Waals surface area (Å²) in [7, 11) is -2.24. The van der Waals surface area contributed by atoms with Crippen LogP contribution in [0, 0.1) is 5.92 Å². The van der Waals surface area contributed by atoms with Crippen LogP contribution in [0.25, 0.3) is 10.4 Å². The summed E-state index contributed by atoms with van der Waals surface area (Å²) in [5.41, 5.74) is 6.68. The lowest BCUT2D eigenvalue weighted by molar-refractivity contribution is -0.120. The van der Waals surface area contributed by atoms with Crippen LogP contribution in [0.15, 0.2) is 65.6 Å². The number of hydrogen-bond acceptors (Lipinski definition) is 6. The van der Waals surface area contributed by atoms with E-state index in [1.807, 2.05) is 30.3 Å². The molecular weight excluding hydrogens is 474 g/mol. The maximum Gasteiger partial charge on any atom is 0.251 e. The van der Waals surface area contributed by atoms with Gasteiger partial charge >= 0.3 is 0 Å². The highest BCUT2D eigenvalue weighted by molar-refractivity contribution is 7.89. The van der Waals surface area contributed by atoms with Crippen LogP contribution in [0.4, 0.5) is 5.00 Å². The molecular formula is C24H25N3O5S2. The second-order valence-electron chi connectivity index (χ2n) is 7.95. The first-order valence-electron chi connectivity index (χ1n) is 10.7. The number of carbonyl (C=O) groups excluding carboxylic acids is 2. The number of anilines is 1. The molecule has 1 atom stereocenters. The molecule has 3 aromatic rings. The lowest BCUT2D eigenvalue weighted by Crippen LogP contribution is -2.43. The molecule has 0 radical (unpaired) electrons. The summed E-state index contributed by atoms with van der Waals surface area (Å²) in [6.07, 6.45) is 1.10. The molecule has 10 heteroatoms. The zero-order valence-electron chi connectivity index (χ0n) is 18.6. The molecule has 0 aliphatic carbocycles. The van der Waals surface area contributed by atoms with Crippen molar-refractivity contribution in [2.45, 2.75) is 17.7 Å². The minimum atomic E-state index is -3.75. The second kappa shape index (κ2) is 9.96. The Morgan fingerprint density at radius 1 is 1.12 bits per heavy atom. The fourth-order valence-electron chi connectivity index (χ4n) is 3.90. The van der Waals surface area contributed by atoms with E-state index in [2.05, 4.69) is 5.32 Å². The van der Waals surface area contributed by atoms with E-state index in [0.29, 0.717) is 30.1 Å². The summed E-state index contributed by atoms with van der Waals surface area (Å²) in [4.78, 5) is 26.0. The Hall–Kier alpha value is -3.21. The summed E-state index contributed by atoms with van der Waals surface area (Å²) in [5, 5.41) is 3.19. The Kier molecular flexibility index (Phi) is 7.01. The van der Waals surface area contributed by atoms with Gasteiger partial charge in [-0.05, 0) is 48.7 Å². The normalized spacial score (nSPS) is 16.7. The smallest absolute Gasteiger partial charge is 0.251 e. The number of nitrogens with two attached hydrogens (primary N) is 1. The molecule has 178 valence electrons. The van der Waals surface area contributed by atoms with Gasteiger partial charge in [-0.3, -0.25) is 9.59 Å². The van der Waals surface area contributed by atoms with Gasteiger partial charge in [0.05, 0.1) is 23.5 Å². The molecule has 1 saturated heterocycles. The number of primary amides is 1. The predicted octanol–water partition coefficient (Wildman–Crippen LogP) is 3.56. The third-order valence-corrected chi connectivity index (χ3v) is 8.72. The van der Waals surface area contributed by atoms with Crippen LogP contribution in [0.5, 0.6) is 5.75 Å². The largest absolute Gasteiger partial charge is 0.497 e. The van der Waals surface area contributed by atoms with Crippen LogP contribution >= 0.6 is 11.3 Å². The molecule has 2 amide bonds. The third kappa shape index (κ3) is 4.98. The monoisotopic (exact) mass is 499 g/mol. The van der Waals surface area contributed by atoms with Crippen molar-refractivity contribution in [3.05, 3.63) is 66.2 Å². The molecule has 1 aromatic heterocycles. The number of piperidine rings is 1. The first-order valence-corrected chi connectivity index (χ1v) is 13.0. The zero-order chi connectivity index (χ0) is 24.3. The molecule has 2 heterocycles. The molecule has 0 saturated carbocycles. The van der Waals surface area contributed by atoms with Gasteiger partial charge in [0, 0.05) is 18.0 Å². The Bertz CT molecular complexity index is 1290. The van der Waals surface area contributed by atoms with E-state index in [4.69, 9.17) is 10.5 Å². The van der Waals surface area contributed by atoms with E-state index in [1.165, 1.54) is 34.9 Å². The van der Waals surface area contributed by atoms with Gasteiger partial charge in [0.1, 0.15) is 10.8 Å². The van der Waals surface area contributed by atoms with Crippen LogP contribution in [0.1, 0.15) is 23.2 Å². The number of carbonyl (C=O) groups is 2. The second-order valence-corrected chi connectivity index (χ2v) is 10.9. The fraction of sp³-hybridized carbons (Fsp3) is 0.250. The summed E-state index contributed by atoms with van der Waals surface area (Å²) in [6.45, 7) is 0.394. The molecule has 4 rings (SSSR count). The molecule has 34 heavy (non-hydrogen) atoms. The Morgan fingerprint density at radius 2 is 1.82 bits per heavy atom. The molecule has 1 aliphatic heterocycles. The minimum Gasteiger partial charge on any atom is -0.497 e. The van der Waals surface area contributed by atoms with Crippen molar-refractivity contribution in [2.24, 2.45) is 11.7 Å². The van der Waals surface area contributed by atoms with Crippen LogP contribution in [0.2, 0.25) is 0 Å². The summed E-state index contributed by atoms with van der Waals surface area (Å²) < 4.78 is 32.7. The van der Waals surface area contributed by atoms with Gasteiger partial charge in [-0.15, -0.1) is 11.3 Å². The highest BCUT2D eigenvalue weighted by atomic mass is 32.2. The fourth-order valence-corrected chi connectivity index (χ4v) is 6.49. The number of sulfonamides is 1. The van der Waals surface area contributed by atoms with Gasteiger partial charge in [-0.2, -0.15) is 4.31 Å². The molecule has 2 aromatic carbocycles. The number of rotatable bonds is 7. The molecule has 0 unspecified atom stereocenters. The van der Waals surface area contributed by atoms with Crippen LogP contribution < -0.4 is 15.8 Å². The van der Waals surface area contributed by atoms with E-state index < -0.39 is 21.8 Å². The standard InChI is InChI=1S/C24H25N3O5S2/c1-32-18-9-11-19(12-10-18)34(30,31)27-13-5-8-17(15-27)23(29)26-24-20(22(25)28)14-21(33-24)16-6-3-2-4-7-16/h2-4,6-7,9-12,14,17H,5,8,13,15H2,1H3,(H2,25,28)(H,26,29)/t17-/m0/s1. The molecule has 8 nitrogen and oxygen atoms in total.